The summed E-state index contributed by atoms with van der Waals surface area (Å²) in [6.45, 7) is 2.87. The van der Waals surface area contributed by atoms with E-state index in [2.05, 4.69) is 14.9 Å². The summed E-state index contributed by atoms with van der Waals surface area (Å²) in [5, 5.41) is 13.2. The molecule has 3 aromatic rings. The number of hydrogen-bond donors (Lipinski definition) is 3. The second-order valence-electron chi connectivity index (χ2n) is 7.93. The third-order valence-electron chi connectivity index (χ3n) is 5.40. The van der Waals surface area contributed by atoms with Crippen LogP contribution in [0.2, 0.25) is 5.02 Å². The van der Waals surface area contributed by atoms with Gasteiger partial charge in [0.2, 0.25) is 0 Å². The Kier molecular flexibility index (Phi) is 6.88. The zero-order chi connectivity index (χ0) is 23.4. The third kappa shape index (κ3) is 5.84. The molecule has 1 aliphatic heterocycles. The molecule has 172 valence electrons. The highest BCUT2D eigenvalue weighted by atomic mass is 35.5. The predicted octanol–water partition coefficient (Wildman–Crippen LogP) is 4.69. The first-order valence-electron chi connectivity index (χ1n) is 10.5. The van der Waals surface area contributed by atoms with Crippen LogP contribution in [0.25, 0.3) is 0 Å². The van der Waals surface area contributed by atoms with Crippen LogP contribution in [0.5, 0.6) is 5.75 Å². The normalized spacial score (nSPS) is 14.2. The van der Waals surface area contributed by atoms with Crippen LogP contribution in [0, 0.1) is 0 Å². The number of carbonyl (C=O) groups excluding carboxylic acids is 1. The average Bonchev–Trinajstić information content (AvgIpc) is 3.28. The number of anilines is 2. The summed E-state index contributed by atoms with van der Waals surface area (Å²) in [4.78, 5) is 15.1. The molecule has 4 rings (SSSR count). The molecule has 0 aliphatic carbocycles. The Hall–Kier alpha value is -3.07. The van der Waals surface area contributed by atoms with Gasteiger partial charge in [-0.2, -0.15) is 0 Å². The van der Waals surface area contributed by atoms with Crippen molar-refractivity contribution in [2.24, 2.45) is 0 Å². The molecule has 1 aliphatic rings. The van der Waals surface area contributed by atoms with E-state index in [1.165, 1.54) is 37.1 Å². The van der Waals surface area contributed by atoms with Crippen LogP contribution in [0.4, 0.5) is 11.4 Å². The molecule has 1 fully saturated rings. The molecule has 0 atom stereocenters. The highest BCUT2D eigenvalue weighted by molar-refractivity contribution is 7.92. The van der Waals surface area contributed by atoms with Gasteiger partial charge >= 0.3 is 0 Å². The molecule has 0 aromatic heterocycles. The van der Waals surface area contributed by atoms with Gasteiger partial charge in [0, 0.05) is 17.1 Å². The number of nitrogens with one attached hydrogen (secondary N) is 2. The van der Waals surface area contributed by atoms with Crippen LogP contribution in [-0.4, -0.2) is 37.4 Å². The van der Waals surface area contributed by atoms with Gasteiger partial charge in [-0.25, -0.2) is 8.42 Å². The third-order valence-corrected chi connectivity index (χ3v) is 7.01. The number of nitrogens with zero attached hydrogens (tertiary/aromatic N) is 1. The lowest BCUT2D eigenvalue weighted by Gasteiger charge is -2.15. The number of benzene rings is 3. The number of phenols is 1. The van der Waals surface area contributed by atoms with E-state index in [-0.39, 0.29) is 16.3 Å². The molecule has 1 heterocycles. The van der Waals surface area contributed by atoms with Gasteiger partial charge in [-0.3, -0.25) is 14.4 Å². The lowest BCUT2D eigenvalue weighted by atomic mass is 10.1. The molecule has 3 N–H and O–H groups in total. The Labute approximate surface area is 198 Å². The number of sulfonamides is 1. The van der Waals surface area contributed by atoms with Crippen molar-refractivity contribution in [2.75, 3.05) is 23.1 Å². The fraction of sp³-hybridized carbons (Fsp3) is 0.208. The zero-order valence-corrected chi connectivity index (χ0v) is 19.4. The van der Waals surface area contributed by atoms with Gasteiger partial charge in [0.25, 0.3) is 15.9 Å². The maximum Gasteiger partial charge on any atom is 0.261 e. The van der Waals surface area contributed by atoms with E-state index in [1.807, 2.05) is 18.2 Å². The first-order valence-corrected chi connectivity index (χ1v) is 12.4. The summed E-state index contributed by atoms with van der Waals surface area (Å²) in [7, 11) is -3.97. The average molecular weight is 486 g/mol. The summed E-state index contributed by atoms with van der Waals surface area (Å²) in [6.07, 6.45) is 2.37. The van der Waals surface area contributed by atoms with Crippen LogP contribution in [0.1, 0.15) is 28.8 Å². The molecule has 0 radical (unpaired) electrons. The lowest BCUT2D eigenvalue weighted by molar-refractivity contribution is 0.102. The quantitative estimate of drug-likeness (QED) is 0.421. The Balaban J connectivity index is 1.51. The summed E-state index contributed by atoms with van der Waals surface area (Å²) in [5.74, 6) is -0.677. The Bertz CT molecular complexity index is 1270. The number of carbonyl (C=O) groups is 1. The molecule has 7 nitrogen and oxygen atoms in total. The molecule has 9 heteroatoms. The monoisotopic (exact) mass is 485 g/mol. The summed E-state index contributed by atoms with van der Waals surface area (Å²) < 4.78 is 28.0. The maximum atomic E-state index is 12.8. The Morgan fingerprint density at radius 1 is 1.00 bits per heavy atom. The second-order valence-corrected chi connectivity index (χ2v) is 10.1. The van der Waals surface area contributed by atoms with E-state index in [0.717, 1.165) is 25.2 Å². The summed E-state index contributed by atoms with van der Waals surface area (Å²) >= 11 is 5.92. The van der Waals surface area contributed by atoms with Crippen molar-refractivity contribution in [3.63, 3.8) is 0 Å². The number of likely N-dealkylation sites (tertiary alicyclic amines) is 1. The van der Waals surface area contributed by atoms with Crippen LogP contribution in [-0.2, 0) is 16.6 Å². The van der Waals surface area contributed by atoms with Gasteiger partial charge in [0.15, 0.2) is 0 Å². The fourth-order valence-corrected chi connectivity index (χ4v) is 5.02. The van der Waals surface area contributed by atoms with Crippen molar-refractivity contribution in [3.05, 3.63) is 82.9 Å². The van der Waals surface area contributed by atoms with Crippen LogP contribution >= 0.6 is 11.6 Å². The highest BCUT2D eigenvalue weighted by Gasteiger charge is 2.18. The number of amides is 1. The first kappa shape index (κ1) is 23.1. The van der Waals surface area contributed by atoms with Crippen LogP contribution in [0.15, 0.2) is 71.6 Å². The van der Waals surface area contributed by atoms with Crippen molar-refractivity contribution >= 4 is 38.9 Å². The summed E-state index contributed by atoms with van der Waals surface area (Å²) in [5.41, 5.74) is 1.75. The Morgan fingerprint density at radius 3 is 2.52 bits per heavy atom. The van der Waals surface area contributed by atoms with E-state index in [0.29, 0.717) is 16.3 Å². The van der Waals surface area contributed by atoms with Crippen molar-refractivity contribution in [1.29, 1.82) is 0 Å². The molecule has 0 spiro atoms. The van der Waals surface area contributed by atoms with Gasteiger partial charge in [-0.1, -0.05) is 29.8 Å². The van der Waals surface area contributed by atoms with E-state index in [9.17, 15) is 18.3 Å². The second kappa shape index (κ2) is 9.82. The van der Waals surface area contributed by atoms with Crippen molar-refractivity contribution < 1.29 is 18.3 Å². The van der Waals surface area contributed by atoms with Crippen molar-refractivity contribution in [3.8, 4) is 5.75 Å². The van der Waals surface area contributed by atoms with Crippen molar-refractivity contribution in [2.45, 2.75) is 24.3 Å². The highest BCUT2D eigenvalue weighted by Crippen LogP contribution is 2.28. The smallest absolute Gasteiger partial charge is 0.261 e. The molecule has 3 aromatic carbocycles. The predicted molar refractivity (Wildman–Crippen MR) is 129 cm³/mol. The largest absolute Gasteiger partial charge is 0.506 e. The molecule has 0 bridgehead atoms. The number of aromatic hydroxyl groups is 1. The van der Waals surface area contributed by atoms with E-state index < -0.39 is 15.9 Å². The minimum Gasteiger partial charge on any atom is -0.506 e. The number of hydrogen-bond acceptors (Lipinski definition) is 5. The van der Waals surface area contributed by atoms with Crippen molar-refractivity contribution in [1.82, 2.24) is 4.90 Å². The molecule has 0 unspecified atom stereocenters. The minimum absolute atomic E-state index is 0.00100. The lowest BCUT2D eigenvalue weighted by Crippen LogP contribution is -2.19. The molecular formula is C24H24ClN3O4S. The SMILES string of the molecule is O=C(Nc1cc(S(=O)(=O)Nc2cccc(Cl)c2)ccc1O)c1cccc(CN2CCCC2)c1. The van der Waals surface area contributed by atoms with Gasteiger partial charge in [-0.15, -0.1) is 0 Å². The topological polar surface area (TPSA) is 98.7 Å². The van der Waals surface area contributed by atoms with Gasteiger partial charge in [-0.05, 0) is 80.0 Å². The first-order chi connectivity index (χ1) is 15.8. The standard InChI is InChI=1S/C24H24ClN3O4S/c25-19-7-4-8-20(14-19)27-33(31,32)21-9-10-23(29)22(15-21)26-24(30)18-6-3-5-17(13-18)16-28-11-1-2-12-28/h3-10,13-15,27,29H,1-2,11-12,16H2,(H,26,30). The summed E-state index contributed by atoms with van der Waals surface area (Å²) in [6, 6.07) is 17.3. The molecule has 1 saturated heterocycles. The van der Waals surface area contributed by atoms with E-state index in [4.69, 9.17) is 11.6 Å². The van der Waals surface area contributed by atoms with Gasteiger partial charge < -0.3 is 10.4 Å². The van der Waals surface area contributed by atoms with Crippen LogP contribution in [0.3, 0.4) is 0 Å². The Morgan fingerprint density at radius 2 is 1.76 bits per heavy atom. The fourth-order valence-electron chi connectivity index (χ4n) is 3.75. The van der Waals surface area contributed by atoms with E-state index in [1.54, 1.807) is 24.3 Å². The zero-order valence-electron chi connectivity index (χ0n) is 17.8. The number of halogens is 1. The van der Waals surface area contributed by atoms with Gasteiger partial charge in [0.1, 0.15) is 5.75 Å². The number of phenolic OH excluding ortho intramolecular Hbond substituents is 1. The molecular weight excluding hydrogens is 462 g/mol. The van der Waals surface area contributed by atoms with E-state index >= 15 is 0 Å². The molecule has 0 saturated carbocycles. The molecule has 1 amide bonds. The minimum atomic E-state index is -3.97. The number of rotatable bonds is 7. The molecule has 33 heavy (non-hydrogen) atoms. The van der Waals surface area contributed by atoms with Crippen LogP contribution < -0.4 is 10.0 Å². The maximum absolute atomic E-state index is 12.8. The van der Waals surface area contributed by atoms with Gasteiger partial charge in [0.05, 0.1) is 16.3 Å².